The third-order valence-electron chi connectivity index (χ3n) is 2.43. The highest BCUT2D eigenvalue weighted by Crippen LogP contribution is 2.24. The summed E-state index contributed by atoms with van der Waals surface area (Å²) in [5, 5.41) is -0.358. The van der Waals surface area contributed by atoms with Gasteiger partial charge < -0.3 is 0 Å². The van der Waals surface area contributed by atoms with Gasteiger partial charge in [0.25, 0.3) is 5.24 Å². The van der Waals surface area contributed by atoms with E-state index in [2.05, 4.69) is 13.8 Å². The maximum absolute atomic E-state index is 11.1. The van der Waals surface area contributed by atoms with E-state index in [-0.39, 0.29) is 5.24 Å². The molecule has 0 aromatic heterocycles. The molecule has 0 heterocycles. The summed E-state index contributed by atoms with van der Waals surface area (Å²) in [5.74, 6) is 0.402. The molecule has 1 aromatic carbocycles. The highest BCUT2D eigenvalue weighted by molar-refractivity contribution is 6.67. The van der Waals surface area contributed by atoms with Gasteiger partial charge in [0.2, 0.25) is 0 Å². The quantitative estimate of drug-likeness (QED) is 0.688. The van der Waals surface area contributed by atoms with Gasteiger partial charge in [0.1, 0.15) is 0 Å². The summed E-state index contributed by atoms with van der Waals surface area (Å²) in [6.07, 6.45) is 2.20. The van der Waals surface area contributed by atoms with E-state index < -0.39 is 0 Å². The number of rotatable bonds is 4. The Balaban J connectivity index is 3.00. The standard InChI is InChI=1S/C12H15ClO/c1-3-6-9(2)10-7-4-5-8-11(10)12(13)14/h4-5,7-9H,3,6H2,1-2H3. The monoisotopic (exact) mass is 210 g/mol. The molecule has 0 saturated heterocycles. The molecule has 1 atom stereocenters. The van der Waals surface area contributed by atoms with Gasteiger partial charge in [0.15, 0.2) is 0 Å². The van der Waals surface area contributed by atoms with E-state index >= 15 is 0 Å². The van der Waals surface area contributed by atoms with E-state index in [1.165, 1.54) is 0 Å². The molecule has 0 bridgehead atoms. The Kier molecular flexibility index (Phi) is 4.15. The number of benzene rings is 1. The lowest BCUT2D eigenvalue weighted by Gasteiger charge is -2.13. The van der Waals surface area contributed by atoms with Gasteiger partial charge in [0.05, 0.1) is 0 Å². The van der Waals surface area contributed by atoms with Crippen LogP contribution in [0.2, 0.25) is 0 Å². The first-order chi connectivity index (χ1) is 6.66. The molecule has 0 amide bonds. The van der Waals surface area contributed by atoms with Gasteiger partial charge in [-0.3, -0.25) is 4.79 Å². The number of halogens is 1. The summed E-state index contributed by atoms with van der Waals surface area (Å²) >= 11 is 5.51. The van der Waals surface area contributed by atoms with Crippen molar-refractivity contribution in [3.63, 3.8) is 0 Å². The smallest absolute Gasteiger partial charge is 0.252 e. The fourth-order valence-electron chi connectivity index (χ4n) is 1.69. The zero-order chi connectivity index (χ0) is 10.6. The van der Waals surface area contributed by atoms with Crippen molar-refractivity contribution in [1.29, 1.82) is 0 Å². The second-order valence-corrected chi connectivity index (χ2v) is 3.89. The molecule has 0 aliphatic heterocycles. The molecule has 14 heavy (non-hydrogen) atoms. The molecule has 0 N–H and O–H groups in total. The second-order valence-electron chi connectivity index (χ2n) is 3.55. The van der Waals surface area contributed by atoms with Crippen LogP contribution in [0.4, 0.5) is 0 Å². The molecule has 1 nitrogen and oxygen atoms in total. The summed E-state index contributed by atoms with van der Waals surface area (Å²) < 4.78 is 0. The van der Waals surface area contributed by atoms with Crippen LogP contribution in [0.15, 0.2) is 24.3 Å². The van der Waals surface area contributed by atoms with Crippen LogP contribution in [0, 0.1) is 0 Å². The van der Waals surface area contributed by atoms with E-state index in [1.807, 2.05) is 18.2 Å². The first-order valence-electron chi connectivity index (χ1n) is 4.95. The largest absolute Gasteiger partial charge is 0.276 e. The molecule has 1 unspecified atom stereocenters. The first-order valence-corrected chi connectivity index (χ1v) is 5.33. The molecule has 0 radical (unpaired) electrons. The fraction of sp³-hybridized carbons (Fsp3) is 0.417. The van der Waals surface area contributed by atoms with Gasteiger partial charge >= 0.3 is 0 Å². The van der Waals surface area contributed by atoms with Gasteiger partial charge in [-0.05, 0) is 35.6 Å². The number of carbonyl (C=O) groups excluding carboxylic acids is 1. The van der Waals surface area contributed by atoms with Crippen LogP contribution in [0.5, 0.6) is 0 Å². The Morgan fingerprint density at radius 3 is 2.64 bits per heavy atom. The predicted molar refractivity (Wildman–Crippen MR) is 59.9 cm³/mol. The summed E-state index contributed by atoms with van der Waals surface area (Å²) in [6.45, 7) is 4.27. The molecular formula is C12H15ClO. The highest BCUT2D eigenvalue weighted by atomic mass is 35.5. The van der Waals surface area contributed by atoms with Crippen LogP contribution in [0.3, 0.4) is 0 Å². The zero-order valence-electron chi connectivity index (χ0n) is 8.59. The Hall–Kier alpha value is -0.820. The molecule has 76 valence electrons. The lowest BCUT2D eigenvalue weighted by atomic mass is 9.93. The van der Waals surface area contributed by atoms with Gasteiger partial charge in [-0.15, -0.1) is 0 Å². The Morgan fingerprint density at radius 2 is 2.07 bits per heavy atom. The van der Waals surface area contributed by atoms with E-state index in [9.17, 15) is 4.79 Å². The van der Waals surface area contributed by atoms with Crippen molar-refractivity contribution < 1.29 is 4.79 Å². The van der Waals surface area contributed by atoms with Crippen LogP contribution in [-0.2, 0) is 0 Å². The topological polar surface area (TPSA) is 17.1 Å². The van der Waals surface area contributed by atoms with Crippen molar-refractivity contribution in [2.24, 2.45) is 0 Å². The molecule has 1 rings (SSSR count). The van der Waals surface area contributed by atoms with Crippen LogP contribution in [0.1, 0.15) is 48.5 Å². The van der Waals surface area contributed by atoms with Crippen LogP contribution < -0.4 is 0 Å². The third-order valence-corrected chi connectivity index (χ3v) is 2.63. The summed E-state index contributed by atoms with van der Waals surface area (Å²) in [6, 6.07) is 7.56. The molecule has 0 saturated carbocycles. The van der Waals surface area contributed by atoms with Crippen LogP contribution in [0.25, 0.3) is 0 Å². The summed E-state index contributed by atoms with van der Waals surface area (Å²) in [4.78, 5) is 11.1. The molecule has 0 fully saturated rings. The molecule has 0 spiro atoms. The minimum absolute atomic E-state index is 0.358. The molecule has 0 aliphatic carbocycles. The number of hydrogen-bond donors (Lipinski definition) is 0. The van der Waals surface area contributed by atoms with Crippen molar-refractivity contribution in [3.8, 4) is 0 Å². The van der Waals surface area contributed by atoms with Crippen LogP contribution >= 0.6 is 11.6 Å². The Labute approximate surface area is 90.1 Å². The zero-order valence-corrected chi connectivity index (χ0v) is 9.34. The Morgan fingerprint density at radius 1 is 1.43 bits per heavy atom. The van der Waals surface area contributed by atoms with E-state index in [0.29, 0.717) is 11.5 Å². The first kappa shape index (κ1) is 11.3. The minimum Gasteiger partial charge on any atom is -0.276 e. The molecule has 1 aromatic rings. The molecule has 0 aliphatic rings. The summed E-state index contributed by atoms with van der Waals surface area (Å²) in [5.41, 5.74) is 1.71. The van der Waals surface area contributed by atoms with E-state index in [4.69, 9.17) is 11.6 Å². The van der Waals surface area contributed by atoms with Crippen molar-refractivity contribution in [2.75, 3.05) is 0 Å². The normalized spacial score (nSPS) is 12.5. The average Bonchev–Trinajstić information content (AvgIpc) is 2.18. The third kappa shape index (κ3) is 2.58. The highest BCUT2D eigenvalue weighted by Gasteiger charge is 2.12. The average molecular weight is 211 g/mol. The lowest BCUT2D eigenvalue weighted by Crippen LogP contribution is -2.01. The molecular weight excluding hydrogens is 196 g/mol. The van der Waals surface area contributed by atoms with Crippen molar-refractivity contribution in [2.45, 2.75) is 32.6 Å². The van der Waals surface area contributed by atoms with Gasteiger partial charge in [-0.2, -0.15) is 0 Å². The van der Waals surface area contributed by atoms with E-state index in [0.717, 1.165) is 18.4 Å². The maximum atomic E-state index is 11.1. The van der Waals surface area contributed by atoms with Crippen molar-refractivity contribution in [1.82, 2.24) is 0 Å². The Bertz CT molecular complexity index is 320. The van der Waals surface area contributed by atoms with Gasteiger partial charge in [0, 0.05) is 5.56 Å². The van der Waals surface area contributed by atoms with Crippen LogP contribution in [-0.4, -0.2) is 5.24 Å². The SMILES string of the molecule is CCCC(C)c1ccccc1C(=O)Cl. The van der Waals surface area contributed by atoms with Gasteiger partial charge in [-0.25, -0.2) is 0 Å². The predicted octanol–water partition coefficient (Wildman–Crippen LogP) is 3.97. The minimum atomic E-state index is -0.358. The van der Waals surface area contributed by atoms with Gasteiger partial charge in [-0.1, -0.05) is 38.5 Å². The number of carbonyl (C=O) groups is 1. The fourth-order valence-corrected chi connectivity index (χ4v) is 1.87. The summed E-state index contributed by atoms with van der Waals surface area (Å²) in [7, 11) is 0. The molecule has 2 heteroatoms. The second kappa shape index (κ2) is 5.16. The van der Waals surface area contributed by atoms with Crippen molar-refractivity contribution in [3.05, 3.63) is 35.4 Å². The maximum Gasteiger partial charge on any atom is 0.252 e. The number of hydrogen-bond acceptors (Lipinski definition) is 1. The lowest BCUT2D eigenvalue weighted by molar-refractivity contribution is 0.108. The van der Waals surface area contributed by atoms with Crippen molar-refractivity contribution >= 4 is 16.8 Å². The van der Waals surface area contributed by atoms with E-state index in [1.54, 1.807) is 6.07 Å².